The van der Waals surface area contributed by atoms with Gasteiger partial charge in [0.2, 0.25) is 0 Å². The van der Waals surface area contributed by atoms with Crippen LogP contribution < -0.4 is 10.6 Å². The van der Waals surface area contributed by atoms with E-state index in [9.17, 15) is 9.90 Å². The molecule has 0 radical (unpaired) electrons. The summed E-state index contributed by atoms with van der Waals surface area (Å²) in [6.45, 7) is 2.73. The zero-order chi connectivity index (χ0) is 17.6. The van der Waals surface area contributed by atoms with Crippen LogP contribution in [0.15, 0.2) is 0 Å². The monoisotopic (exact) mass is 368 g/mol. The molecule has 1 fully saturated rings. The second kappa shape index (κ2) is 8.93. The lowest BCUT2D eigenvalue weighted by Crippen LogP contribution is -2.47. The number of aliphatic hydroxyl groups excluding tert-OH is 1. The second-order valence-electron chi connectivity index (χ2n) is 6.88. The van der Waals surface area contributed by atoms with Gasteiger partial charge in [-0.2, -0.15) is 0 Å². The topological polar surface area (TPSA) is 86.7 Å². The van der Waals surface area contributed by atoms with E-state index in [2.05, 4.69) is 20.5 Å². The Morgan fingerprint density at radius 1 is 1.40 bits per heavy atom. The Hall–Kier alpha value is -1.22. The third kappa shape index (κ3) is 5.37. The zero-order valence-electron chi connectivity index (χ0n) is 14.8. The van der Waals surface area contributed by atoms with Gasteiger partial charge in [-0.15, -0.1) is 11.3 Å². The molecule has 2 aliphatic rings. The van der Waals surface area contributed by atoms with Crippen LogP contribution in [0.4, 0.5) is 9.93 Å². The molecule has 1 aromatic rings. The number of methoxy groups -OCH3 is 1. The summed E-state index contributed by atoms with van der Waals surface area (Å²) in [6.07, 6.45) is 5.86. The van der Waals surface area contributed by atoms with Gasteiger partial charge in [0.05, 0.1) is 18.4 Å². The van der Waals surface area contributed by atoms with E-state index < -0.39 is 6.10 Å². The van der Waals surface area contributed by atoms with Gasteiger partial charge in [-0.05, 0) is 38.5 Å². The Morgan fingerprint density at radius 2 is 2.16 bits per heavy atom. The minimum Gasteiger partial charge on any atom is -0.389 e. The predicted molar refractivity (Wildman–Crippen MR) is 98.3 cm³/mol. The van der Waals surface area contributed by atoms with E-state index in [0.29, 0.717) is 18.3 Å². The van der Waals surface area contributed by atoms with E-state index in [1.165, 1.54) is 17.7 Å². The number of hydrogen-bond acceptors (Lipinski definition) is 6. The maximum Gasteiger partial charge on any atom is 0.321 e. The molecule has 1 unspecified atom stereocenters. The quantitative estimate of drug-likeness (QED) is 0.710. The number of β-amino-alcohol motifs (C(OH)–C–C–N with tert-alkyl or cyclic N) is 1. The normalized spacial score (nSPS) is 20.1. The highest BCUT2D eigenvalue weighted by Crippen LogP contribution is 2.29. The van der Waals surface area contributed by atoms with E-state index in [-0.39, 0.29) is 12.1 Å². The van der Waals surface area contributed by atoms with E-state index in [4.69, 9.17) is 4.74 Å². The zero-order valence-corrected chi connectivity index (χ0v) is 15.6. The number of anilines is 1. The van der Waals surface area contributed by atoms with Crippen LogP contribution in [0.3, 0.4) is 0 Å². The first-order chi connectivity index (χ1) is 12.1. The van der Waals surface area contributed by atoms with Gasteiger partial charge in [0.25, 0.3) is 0 Å². The van der Waals surface area contributed by atoms with Crippen LogP contribution in [-0.4, -0.2) is 66.5 Å². The van der Waals surface area contributed by atoms with Gasteiger partial charge >= 0.3 is 6.03 Å². The summed E-state index contributed by atoms with van der Waals surface area (Å²) in [5.41, 5.74) is 1.16. The molecule has 1 aromatic heterocycles. The molecule has 1 aliphatic heterocycles. The minimum absolute atomic E-state index is 0.163. The average Bonchev–Trinajstić information content (AvgIpc) is 2.99. The van der Waals surface area contributed by atoms with Gasteiger partial charge in [-0.3, -0.25) is 5.32 Å². The smallest absolute Gasteiger partial charge is 0.321 e. The molecule has 2 heterocycles. The van der Waals surface area contributed by atoms with Crippen molar-refractivity contribution in [3.05, 3.63) is 10.6 Å². The fraction of sp³-hybridized carbons (Fsp3) is 0.765. The average molecular weight is 369 g/mol. The van der Waals surface area contributed by atoms with Crippen molar-refractivity contribution in [1.82, 2.24) is 15.2 Å². The fourth-order valence-corrected chi connectivity index (χ4v) is 4.57. The number of fused-ring (bicyclic) bond motifs is 1. The summed E-state index contributed by atoms with van der Waals surface area (Å²) in [6, 6.07) is 0.00868. The number of nitrogens with zero attached hydrogens (tertiary/aromatic N) is 2. The Labute approximate surface area is 152 Å². The molecule has 0 spiro atoms. The van der Waals surface area contributed by atoms with Crippen molar-refractivity contribution in [3.63, 3.8) is 0 Å². The van der Waals surface area contributed by atoms with Gasteiger partial charge in [0.15, 0.2) is 5.13 Å². The summed E-state index contributed by atoms with van der Waals surface area (Å²) >= 11 is 1.61. The number of nitrogens with one attached hydrogen (secondary N) is 2. The van der Waals surface area contributed by atoms with Crippen LogP contribution in [0.25, 0.3) is 0 Å². The Bertz CT molecular complexity index is 549. The molecular weight excluding hydrogens is 340 g/mol. The van der Waals surface area contributed by atoms with Gasteiger partial charge in [-0.1, -0.05) is 0 Å². The lowest BCUT2D eigenvalue weighted by atomic mass is 10.0. The molecule has 0 bridgehead atoms. The Morgan fingerprint density at radius 3 is 2.88 bits per heavy atom. The van der Waals surface area contributed by atoms with Gasteiger partial charge in [-0.25, -0.2) is 9.78 Å². The van der Waals surface area contributed by atoms with Crippen LogP contribution in [0.2, 0.25) is 0 Å². The lowest BCUT2D eigenvalue weighted by Gasteiger charge is -2.33. The number of ether oxygens (including phenoxy) is 1. The summed E-state index contributed by atoms with van der Waals surface area (Å²) < 4.78 is 4.96. The molecule has 140 valence electrons. The number of piperidine rings is 1. The SMILES string of the molecule is COCC(O)CN1CCC(NC(=O)Nc2nc3c(s2)CCCC3)CC1. The maximum absolute atomic E-state index is 12.2. The number of carbonyl (C=O) groups is 1. The fourth-order valence-electron chi connectivity index (χ4n) is 3.53. The summed E-state index contributed by atoms with van der Waals surface area (Å²) in [5.74, 6) is 0. The van der Waals surface area contributed by atoms with Crippen molar-refractivity contribution in [2.45, 2.75) is 50.7 Å². The molecule has 1 atom stereocenters. The van der Waals surface area contributed by atoms with Crippen molar-refractivity contribution in [1.29, 1.82) is 0 Å². The van der Waals surface area contributed by atoms with Crippen LogP contribution in [0, 0.1) is 0 Å². The largest absolute Gasteiger partial charge is 0.389 e. The third-order valence-electron chi connectivity index (χ3n) is 4.82. The number of likely N-dealkylation sites (tertiary alicyclic amines) is 1. The number of thiazole rings is 1. The number of rotatable bonds is 6. The highest BCUT2D eigenvalue weighted by molar-refractivity contribution is 7.15. The number of aromatic nitrogens is 1. The molecule has 0 saturated carbocycles. The van der Waals surface area contributed by atoms with Crippen molar-refractivity contribution < 1.29 is 14.6 Å². The lowest BCUT2D eigenvalue weighted by molar-refractivity contribution is 0.0315. The first-order valence-corrected chi connectivity index (χ1v) is 9.91. The standard InChI is InChI=1S/C17H28N4O3S/c1-24-11-13(22)10-21-8-6-12(7-9-21)18-16(23)20-17-19-14-4-2-3-5-15(14)25-17/h12-13,22H,2-11H2,1H3,(H2,18,19,20,23). The number of urea groups is 1. The van der Waals surface area contributed by atoms with Crippen molar-refractivity contribution in [3.8, 4) is 0 Å². The first kappa shape index (κ1) is 18.6. The summed E-state index contributed by atoms with van der Waals surface area (Å²) in [5, 5.41) is 16.4. The van der Waals surface area contributed by atoms with Gasteiger partial charge in [0, 0.05) is 37.7 Å². The maximum atomic E-state index is 12.2. The van der Waals surface area contributed by atoms with Crippen molar-refractivity contribution in [2.24, 2.45) is 0 Å². The minimum atomic E-state index is -0.450. The second-order valence-corrected chi connectivity index (χ2v) is 7.96. The van der Waals surface area contributed by atoms with Crippen molar-refractivity contribution >= 4 is 22.5 Å². The van der Waals surface area contributed by atoms with Crippen molar-refractivity contribution in [2.75, 3.05) is 38.7 Å². The van der Waals surface area contributed by atoms with E-state index in [1.807, 2.05) is 0 Å². The molecule has 1 saturated heterocycles. The number of aryl methyl sites for hydroxylation is 2. The Balaban J connectivity index is 1.40. The van der Waals surface area contributed by atoms with E-state index in [1.54, 1.807) is 18.4 Å². The van der Waals surface area contributed by atoms with Crippen LogP contribution in [0.1, 0.15) is 36.3 Å². The van der Waals surface area contributed by atoms with Gasteiger partial charge < -0.3 is 20.1 Å². The molecule has 3 N–H and O–H groups in total. The Kier molecular flexibility index (Phi) is 6.63. The van der Waals surface area contributed by atoms with Crippen LogP contribution >= 0.6 is 11.3 Å². The third-order valence-corrected chi connectivity index (χ3v) is 5.89. The molecule has 3 rings (SSSR count). The molecular formula is C17H28N4O3S. The predicted octanol–water partition coefficient (Wildman–Crippen LogP) is 1.62. The number of amides is 2. The summed E-state index contributed by atoms with van der Waals surface area (Å²) in [4.78, 5) is 20.3. The highest BCUT2D eigenvalue weighted by atomic mass is 32.1. The van der Waals surface area contributed by atoms with Crippen LogP contribution in [-0.2, 0) is 17.6 Å². The van der Waals surface area contributed by atoms with Crippen LogP contribution in [0.5, 0.6) is 0 Å². The number of hydrogen-bond donors (Lipinski definition) is 3. The van der Waals surface area contributed by atoms with Gasteiger partial charge in [0.1, 0.15) is 0 Å². The summed E-state index contributed by atoms with van der Waals surface area (Å²) in [7, 11) is 1.59. The number of aliphatic hydroxyl groups is 1. The first-order valence-electron chi connectivity index (χ1n) is 9.09. The number of carbonyl (C=O) groups excluding carboxylic acids is 1. The molecule has 2 amide bonds. The van der Waals surface area contributed by atoms with E-state index >= 15 is 0 Å². The molecule has 25 heavy (non-hydrogen) atoms. The molecule has 0 aromatic carbocycles. The molecule has 7 nitrogen and oxygen atoms in total. The van der Waals surface area contributed by atoms with E-state index in [0.717, 1.165) is 44.5 Å². The molecule has 1 aliphatic carbocycles. The molecule has 8 heteroatoms. The highest BCUT2D eigenvalue weighted by Gasteiger charge is 2.23.